The molecule has 0 aromatic heterocycles. The zero-order valence-electron chi connectivity index (χ0n) is 11.4. The molecule has 0 aromatic rings. The van der Waals surface area contributed by atoms with Crippen molar-refractivity contribution in [3.63, 3.8) is 0 Å². The molecular weight excluding hydrogens is 323 g/mol. The topological polar surface area (TPSA) is 86.2 Å². The summed E-state index contributed by atoms with van der Waals surface area (Å²) in [5.74, 6) is 0. The van der Waals surface area contributed by atoms with Gasteiger partial charge in [0, 0.05) is 0 Å². The van der Waals surface area contributed by atoms with Gasteiger partial charge < -0.3 is 19.2 Å². The first-order valence-electron chi connectivity index (χ1n) is 5.85. The first kappa shape index (κ1) is 29.0. The molecule has 0 bridgehead atoms. The monoisotopic (exact) mass is 344 g/mol. The van der Waals surface area contributed by atoms with Crippen LogP contribution in [-0.4, -0.2) is 107 Å². The Kier molecular flexibility index (Phi) is 47.9. The number of rotatable bonds is 3. The molecule has 0 spiro atoms. The van der Waals surface area contributed by atoms with Crippen molar-refractivity contribution in [3.8, 4) is 0 Å². The standard InChI is InChI=1S/3C3H7.3Ca.H3O4P/c3*1-3-2;;;;1-5(2,3)4/h3*1,3H2,2H3;;;;(H3,1,2,3,4)/q;;;3*+1;/p-3. The minimum atomic E-state index is -5.39. The van der Waals surface area contributed by atoms with E-state index in [9.17, 15) is 0 Å². The molecule has 0 aliphatic rings. The van der Waals surface area contributed by atoms with Crippen LogP contribution in [0.4, 0.5) is 0 Å². The molecular formula is C9H21Ca3O4P. The average molecular weight is 344 g/mol. The van der Waals surface area contributed by atoms with Gasteiger partial charge in [0.15, 0.2) is 0 Å². The summed E-state index contributed by atoms with van der Waals surface area (Å²) < 4.78 is 12.9. The fraction of sp³-hybridized carbons (Fsp3) is 1.00. The predicted molar refractivity (Wildman–Crippen MR) is 70.2 cm³/mol. The third-order valence-electron chi connectivity index (χ3n) is 1.06. The van der Waals surface area contributed by atoms with Gasteiger partial charge in [-0.15, -0.1) is 0 Å². The minimum absolute atomic E-state index is 1.38. The molecule has 0 amide bonds. The predicted octanol–water partition coefficient (Wildman–Crippen LogP) is 0.125. The van der Waals surface area contributed by atoms with E-state index in [4.69, 9.17) is 19.2 Å². The second-order valence-electron chi connectivity index (χ2n) is 3.01. The maximum Gasteiger partial charge on any atom is -0.159 e. The van der Waals surface area contributed by atoms with Crippen LogP contribution in [0.25, 0.3) is 0 Å². The number of phosphoric acid groups is 1. The fourth-order valence-electron chi connectivity index (χ4n) is 0. The summed E-state index contributed by atoms with van der Waals surface area (Å²) in [6, 6.07) is 0. The van der Waals surface area contributed by atoms with Gasteiger partial charge in [-0.1, -0.05) is 0 Å². The van der Waals surface area contributed by atoms with Gasteiger partial charge in [-0.25, -0.2) is 0 Å². The molecule has 0 heterocycles. The summed E-state index contributed by atoms with van der Waals surface area (Å²) in [5.41, 5.74) is 0. The van der Waals surface area contributed by atoms with E-state index >= 15 is 0 Å². The van der Waals surface area contributed by atoms with E-state index in [1.54, 1.807) is 0 Å². The Morgan fingerprint density at radius 1 is 0.765 bits per heavy atom. The number of hydrogen-bond donors (Lipinski definition) is 0. The molecule has 0 atom stereocenters. The van der Waals surface area contributed by atoms with E-state index in [-0.39, 0.29) is 0 Å². The van der Waals surface area contributed by atoms with E-state index < -0.39 is 7.82 Å². The summed E-state index contributed by atoms with van der Waals surface area (Å²) in [6.07, 6.45) is 4.12. The van der Waals surface area contributed by atoms with Crippen molar-refractivity contribution in [2.75, 3.05) is 0 Å². The quantitative estimate of drug-likeness (QED) is 0.538. The largest absolute Gasteiger partial charge is 0.822 e. The van der Waals surface area contributed by atoms with Gasteiger partial charge in [0.05, 0.1) is 0 Å². The van der Waals surface area contributed by atoms with Gasteiger partial charge in [-0.05, 0) is 0 Å². The van der Waals surface area contributed by atoms with Crippen LogP contribution >= 0.6 is 7.82 Å². The minimum Gasteiger partial charge on any atom is -0.822 e. The van der Waals surface area contributed by atoms with Crippen molar-refractivity contribution in [1.29, 1.82) is 0 Å². The van der Waals surface area contributed by atoms with Crippen LogP contribution in [0.3, 0.4) is 0 Å². The molecule has 0 saturated carbocycles. The van der Waals surface area contributed by atoms with Crippen molar-refractivity contribution in [2.45, 2.75) is 47.6 Å². The number of hydrogen-bond acceptors (Lipinski definition) is 4. The van der Waals surface area contributed by atoms with Gasteiger partial charge in [-0.2, -0.15) is 7.82 Å². The van der Waals surface area contributed by atoms with Crippen molar-refractivity contribution in [1.82, 2.24) is 0 Å². The Morgan fingerprint density at radius 2 is 0.824 bits per heavy atom. The van der Waals surface area contributed by atoms with Crippen molar-refractivity contribution >= 4 is 115 Å². The Bertz CT molecular complexity index is 120. The van der Waals surface area contributed by atoms with E-state index in [1.807, 2.05) is 0 Å². The van der Waals surface area contributed by atoms with Crippen molar-refractivity contribution in [3.05, 3.63) is 0 Å². The molecule has 92 valence electrons. The molecule has 17 heavy (non-hydrogen) atoms. The molecule has 0 radical (unpaired) electrons. The second-order valence-corrected chi connectivity index (χ2v) is 7.21. The molecule has 0 N–H and O–H groups in total. The molecule has 0 aliphatic carbocycles. The maximum absolute atomic E-state index is 8.55. The summed E-state index contributed by atoms with van der Waals surface area (Å²) >= 11 is 4.41. The first-order chi connectivity index (χ1) is 7.74. The molecule has 0 fully saturated rings. The van der Waals surface area contributed by atoms with Crippen LogP contribution in [0.1, 0.15) is 40.0 Å². The molecule has 4 nitrogen and oxygen atoms in total. The summed E-state index contributed by atoms with van der Waals surface area (Å²) in [5, 5.41) is 0. The van der Waals surface area contributed by atoms with Gasteiger partial charge in [0.1, 0.15) is 0 Å². The summed E-state index contributed by atoms with van der Waals surface area (Å²) in [6.45, 7) is 6.64. The molecule has 0 unspecified atom stereocenters. The zero-order valence-corrected chi connectivity index (χ0v) is 19.0. The Morgan fingerprint density at radius 3 is 0.824 bits per heavy atom. The Hall–Kier alpha value is 3.89. The van der Waals surface area contributed by atoms with E-state index in [0.717, 1.165) is 0 Å². The maximum atomic E-state index is 8.55. The normalized spacial score (nSPS) is 8.94. The van der Waals surface area contributed by atoms with Crippen molar-refractivity contribution in [2.24, 2.45) is 0 Å². The van der Waals surface area contributed by atoms with Crippen LogP contribution in [0.5, 0.6) is 0 Å². The summed E-state index contributed by atoms with van der Waals surface area (Å²) in [7, 11) is -5.39. The molecule has 0 aromatic carbocycles. The molecule has 0 rings (SSSR count). The van der Waals surface area contributed by atoms with Crippen LogP contribution in [-0.2, 0) is 4.57 Å². The van der Waals surface area contributed by atoms with Crippen LogP contribution in [0, 0.1) is 0 Å². The Labute approximate surface area is 178 Å². The molecule has 0 aliphatic heterocycles. The third-order valence-corrected chi connectivity index (χ3v) is 4.37. The van der Waals surface area contributed by atoms with Gasteiger partial charge in [0.2, 0.25) is 0 Å². The van der Waals surface area contributed by atoms with E-state index in [1.165, 1.54) is 134 Å². The first-order valence-corrected chi connectivity index (χ1v) is 12.0. The molecule has 0 saturated heterocycles. The Balaban J connectivity index is -0.0000000667. The van der Waals surface area contributed by atoms with Crippen LogP contribution < -0.4 is 14.7 Å². The van der Waals surface area contributed by atoms with Gasteiger partial charge in [0.25, 0.3) is 0 Å². The smallest absolute Gasteiger partial charge is 0.159 e. The van der Waals surface area contributed by atoms with Crippen LogP contribution in [0.2, 0.25) is 7.55 Å². The van der Waals surface area contributed by atoms with Crippen LogP contribution in [0.15, 0.2) is 0 Å². The third kappa shape index (κ3) is 134. The zero-order chi connectivity index (χ0) is 14.7. The van der Waals surface area contributed by atoms with Gasteiger partial charge in [-0.3, -0.25) is 0 Å². The van der Waals surface area contributed by atoms with Crippen molar-refractivity contribution < 1.29 is 19.2 Å². The fourth-order valence-corrected chi connectivity index (χ4v) is 0. The summed E-state index contributed by atoms with van der Waals surface area (Å²) in [4.78, 5) is 25.6. The van der Waals surface area contributed by atoms with E-state index in [2.05, 4.69) is 20.8 Å². The average Bonchev–Trinajstić information content (AvgIpc) is 2.27. The van der Waals surface area contributed by atoms with Gasteiger partial charge >= 0.3 is 155 Å². The molecule has 8 heteroatoms. The SMILES string of the molecule is CC[CH2][Ca+].CC[CH2][Ca+].CC[CH2][Ca+].O=P([O-])([O-])[O-]. The van der Waals surface area contributed by atoms with E-state index in [0.29, 0.717) is 0 Å². The second kappa shape index (κ2) is 28.1.